The molecule has 1 saturated carbocycles. The van der Waals surface area contributed by atoms with Crippen LogP contribution in [0.1, 0.15) is 62.6 Å². The van der Waals surface area contributed by atoms with Crippen molar-refractivity contribution < 1.29 is 9.59 Å². The van der Waals surface area contributed by atoms with Crippen LogP contribution in [0, 0.1) is 5.92 Å². The SMILES string of the molecule is CC(NC(=O)C1CC2CCCCC2N1)c1ccc2c(c1)CCC(=O)N2.Cl. The number of aryl methyl sites for hydroxylation is 1. The molecule has 0 aromatic heterocycles. The Morgan fingerprint density at radius 2 is 2.04 bits per heavy atom. The summed E-state index contributed by atoms with van der Waals surface area (Å²) in [6, 6.07) is 6.52. The van der Waals surface area contributed by atoms with E-state index in [4.69, 9.17) is 0 Å². The summed E-state index contributed by atoms with van der Waals surface area (Å²) in [6.07, 6.45) is 7.33. The molecule has 4 unspecified atom stereocenters. The minimum Gasteiger partial charge on any atom is -0.348 e. The summed E-state index contributed by atoms with van der Waals surface area (Å²) in [7, 11) is 0. The van der Waals surface area contributed by atoms with Gasteiger partial charge >= 0.3 is 0 Å². The minimum absolute atomic E-state index is 0. The first-order chi connectivity index (χ1) is 12.1. The molecular formula is C20H28ClN3O2. The molecule has 6 heteroatoms. The van der Waals surface area contributed by atoms with E-state index >= 15 is 0 Å². The Morgan fingerprint density at radius 1 is 1.23 bits per heavy atom. The second-order valence-corrected chi connectivity index (χ2v) is 7.80. The van der Waals surface area contributed by atoms with Crippen LogP contribution >= 0.6 is 12.4 Å². The van der Waals surface area contributed by atoms with Crippen LogP contribution in [0.25, 0.3) is 0 Å². The van der Waals surface area contributed by atoms with Crippen molar-refractivity contribution in [2.24, 2.45) is 5.92 Å². The van der Waals surface area contributed by atoms with Gasteiger partial charge in [-0.3, -0.25) is 9.59 Å². The molecule has 2 fully saturated rings. The van der Waals surface area contributed by atoms with E-state index in [-0.39, 0.29) is 36.3 Å². The van der Waals surface area contributed by atoms with Crippen molar-refractivity contribution in [1.29, 1.82) is 0 Å². The molecule has 4 atom stereocenters. The van der Waals surface area contributed by atoms with Crippen molar-refractivity contribution in [3.63, 3.8) is 0 Å². The van der Waals surface area contributed by atoms with Crippen molar-refractivity contribution in [3.8, 4) is 0 Å². The predicted molar refractivity (Wildman–Crippen MR) is 104 cm³/mol. The molecule has 1 saturated heterocycles. The van der Waals surface area contributed by atoms with E-state index in [1.54, 1.807) is 0 Å². The van der Waals surface area contributed by atoms with Crippen LogP contribution in [-0.4, -0.2) is 23.9 Å². The highest BCUT2D eigenvalue weighted by atomic mass is 35.5. The third kappa shape index (κ3) is 3.89. The lowest BCUT2D eigenvalue weighted by molar-refractivity contribution is -0.123. The number of hydrogen-bond acceptors (Lipinski definition) is 3. The van der Waals surface area contributed by atoms with Crippen molar-refractivity contribution in [2.75, 3.05) is 5.32 Å². The molecule has 1 aromatic rings. The molecule has 26 heavy (non-hydrogen) atoms. The fourth-order valence-corrected chi connectivity index (χ4v) is 4.59. The maximum atomic E-state index is 12.7. The van der Waals surface area contributed by atoms with Gasteiger partial charge in [0.25, 0.3) is 0 Å². The number of carbonyl (C=O) groups is 2. The Labute approximate surface area is 161 Å². The Bertz CT molecular complexity index is 680. The zero-order valence-corrected chi connectivity index (χ0v) is 16.0. The van der Waals surface area contributed by atoms with Gasteiger partial charge in [-0.2, -0.15) is 0 Å². The summed E-state index contributed by atoms with van der Waals surface area (Å²) < 4.78 is 0. The zero-order valence-electron chi connectivity index (χ0n) is 15.2. The summed E-state index contributed by atoms with van der Waals surface area (Å²) in [4.78, 5) is 24.1. The molecule has 0 spiro atoms. The van der Waals surface area contributed by atoms with Gasteiger partial charge in [-0.25, -0.2) is 0 Å². The van der Waals surface area contributed by atoms with Crippen molar-refractivity contribution in [3.05, 3.63) is 29.3 Å². The first-order valence-corrected chi connectivity index (χ1v) is 9.59. The van der Waals surface area contributed by atoms with Gasteiger partial charge < -0.3 is 16.0 Å². The number of fused-ring (bicyclic) bond motifs is 2. The summed E-state index contributed by atoms with van der Waals surface area (Å²) >= 11 is 0. The molecule has 3 N–H and O–H groups in total. The molecule has 0 radical (unpaired) electrons. The van der Waals surface area contributed by atoms with E-state index in [0.717, 1.165) is 29.7 Å². The molecule has 4 rings (SSSR count). The smallest absolute Gasteiger partial charge is 0.237 e. The molecule has 142 valence electrons. The van der Waals surface area contributed by atoms with Crippen LogP contribution in [0.5, 0.6) is 0 Å². The normalized spacial score (nSPS) is 28.2. The van der Waals surface area contributed by atoms with E-state index in [2.05, 4.69) is 22.0 Å². The minimum atomic E-state index is -0.0486. The highest BCUT2D eigenvalue weighted by molar-refractivity contribution is 5.94. The van der Waals surface area contributed by atoms with Gasteiger partial charge in [0.1, 0.15) is 0 Å². The van der Waals surface area contributed by atoms with Crippen LogP contribution in [0.4, 0.5) is 5.69 Å². The lowest BCUT2D eigenvalue weighted by atomic mass is 9.85. The van der Waals surface area contributed by atoms with Crippen molar-refractivity contribution >= 4 is 29.9 Å². The molecule has 2 heterocycles. The van der Waals surface area contributed by atoms with Gasteiger partial charge in [-0.05, 0) is 55.7 Å². The van der Waals surface area contributed by atoms with E-state index in [1.165, 1.54) is 25.7 Å². The summed E-state index contributed by atoms with van der Waals surface area (Å²) in [5.74, 6) is 0.871. The number of anilines is 1. The van der Waals surface area contributed by atoms with Crippen molar-refractivity contribution in [2.45, 2.75) is 70.0 Å². The van der Waals surface area contributed by atoms with E-state index < -0.39 is 0 Å². The Hall–Kier alpha value is -1.59. The average molecular weight is 378 g/mol. The molecule has 2 amide bonds. The zero-order chi connectivity index (χ0) is 17.4. The van der Waals surface area contributed by atoms with Gasteiger partial charge in [0, 0.05) is 18.2 Å². The molecule has 5 nitrogen and oxygen atoms in total. The third-order valence-corrected chi connectivity index (χ3v) is 6.06. The van der Waals surface area contributed by atoms with Gasteiger partial charge in [0.05, 0.1) is 12.1 Å². The second-order valence-electron chi connectivity index (χ2n) is 7.80. The standard InChI is InChI=1S/C20H27N3O2.ClH/c1-12(13-6-8-17-15(10-13)7-9-19(24)23-17)21-20(25)18-11-14-4-2-3-5-16(14)22-18;/h6,8,10,12,14,16,18,22H,2-5,7,9,11H2,1H3,(H,21,25)(H,23,24);1H. The third-order valence-electron chi connectivity index (χ3n) is 6.06. The predicted octanol–water partition coefficient (Wildman–Crippen LogP) is 3.09. The summed E-state index contributed by atoms with van der Waals surface area (Å²) in [6.45, 7) is 2.03. The molecule has 0 bridgehead atoms. The maximum Gasteiger partial charge on any atom is 0.237 e. The number of carbonyl (C=O) groups excluding carboxylic acids is 2. The molecule has 2 aliphatic heterocycles. The lowest BCUT2D eigenvalue weighted by Gasteiger charge is -2.24. The van der Waals surface area contributed by atoms with Crippen LogP contribution in [0.15, 0.2) is 18.2 Å². The number of amides is 2. The fourth-order valence-electron chi connectivity index (χ4n) is 4.59. The van der Waals surface area contributed by atoms with Crippen LogP contribution in [-0.2, 0) is 16.0 Å². The van der Waals surface area contributed by atoms with Gasteiger partial charge in [-0.15, -0.1) is 12.4 Å². The van der Waals surface area contributed by atoms with Crippen LogP contribution in [0.3, 0.4) is 0 Å². The number of hydrogen-bond donors (Lipinski definition) is 3. The van der Waals surface area contributed by atoms with E-state index in [9.17, 15) is 9.59 Å². The van der Waals surface area contributed by atoms with Crippen LogP contribution in [0.2, 0.25) is 0 Å². The lowest BCUT2D eigenvalue weighted by Crippen LogP contribution is -2.43. The highest BCUT2D eigenvalue weighted by Crippen LogP contribution is 2.33. The monoisotopic (exact) mass is 377 g/mol. The molecule has 1 aromatic carbocycles. The quantitative estimate of drug-likeness (QED) is 0.758. The summed E-state index contributed by atoms with van der Waals surface area (Å²) in [5, 5.41) is 9.62. The van der Waals surface area contributed by atoms with Gasteiger partial charge in [0.15, 0.2) is 0 Å². The van der Waals surface area contributed by atoms with Crippen LogP contribution < -0.4 is 16.0 Å². The molecule has 3 aliphatic rings. The molecule has 1 aliphatic carbocycles. The largest absolute Gasteiger partial charge is 0.348 e. The van der Waals surface area contributed by atoms with E-state index in [0.29, 0.717) is 18.4 Å². The number of nitrogens with one attached hydrogen (secondary N) is 3. The first-order valence-electron chi connectivity index (χ1n) is 9.59. The number of benzene rings is 1. The fraction of sp³-hybridized carbons (Fsp3) is 0.600. The Kier molecular flexibility index (Phi) is 5.88. The highest BCUT2D eigenvalue weighted by Gasteiger charge is 2.38. The van der Waals surface area contributed by atoms with E-state index in [1.807, 2.05) is 19.1 Å². The van der Waals surface area contributed by atoms with Gasteiger partial charge in [-0.1, -0.05) is 25.0 Å². The van der Waals surface area contributed by atoms with Gasteiger partial charge in [0.2, 0.25) is 11.8 Å². The van der Waals surface area contributed by atoms with Crippen molar-refractivity contribution in [1.82, 2.24) is 10.6 Å². The second kappa shape index (κ2) is 7.97. The Morgan fingerprint density at radius 3 is 2.85 bits per heavy atom. The topological polar surface area (TPSA) is 70.2 Å². The number of halogens is 1. The maximum absolute atomic E-state index is 12.7. The molecular weight excluding hydrogens is 350 g/mol. The summed E-state index contributed by atoms with van der Waals surface area (Å²) in [5.41, 5.74) is 3.15. The average Bonchev–Trinajstić information content (AvgIpc) is 3.05. The number of rotatable bonds is 3. The Balaban J connectivity index is 0.00000196. The first kappa shape index (κ1) is 19.2.